The van der Waals surface area contributed by atoms with Gasteiger partial charge in [0.25, 0.3) is 0 Å². The van der Waals surface area contributed by atoms with E-state index in [0.717, 1.165) is 12.0 Å². The van der Waals surface area contributed by atoms with Crippen LogP contribution < -0.4 is 5.32 Å². The summed E-state index contributed by atoms with van der Waals surface area (Å²) in [5.41, 5.74) is 0.950. The Bertz CT molecular complexity index is 667. The molecule has 1 fully saturated rings. The molecule has 0 bridgehead atoms. The quantitative estimate of drug-likeness (QED) is 0.776. The van der Waals surface area contributed by atoms with Crippen LogP contribution in [0.5, 0.6) is 0 Å². The molecule has 1 saturated heterocycles. The fourth-order valence-electron chi connectivity index (χ4n) is 3.49. The van der Waals surface area contributed by atoms with Gasteiger partial charge >= 0.3 is 0 Å². The van der Waals surface area contributed by atoms with Gasteiger partial charge in [0.05, 0.1) is 0 Å². The highest BCUT2D eigenvalue weighted by atomic mass is 16.5. The van der Waals surface area contributed by atoms with E-state index in [2.05, 4.69) is 10.3 Å². The zero-order valence-corrected chi connectivity index (χ0v) is 16.9. The van der Waals surface area contributed by atoms with Gasteiger partial charge in [0.1, 0.15) is 6.61 Å². The Hall–Kier alpha value is -2.48. The molecule has 1 aromatic heterocycles. The maximum atomic E-state index is 12.9. The fourth-order valence-corrected chi connectivity index (χ4v) is 3.49. The van der Waals surface area contributed by atoms with Crippen molar-refractivity contribution in [3.05, 3.63) is 30.1 Å². The molecule has 3 amide bonds. The number of likely N-dealkylation sites (N-methyl/N-ethyl adjacent to an activating group) is 1. The number of ether oxygens (including phenoxy) is 1. The molecule has 0 aliphatic carbocycles. The summed E-state index contributed by atoms with van der Waals surface area (Å²) in [7, 11) is 4.94. The van der Waals surface area contributed by atoms with Gasteiger partial charge in [-0.15, -0.1) is 0 Å². The van der Waals surface area contributed by atoms with E-state index in [1.165, 1.54) is 7.11 Å². The average Bonchev–Trinajstić information content (AvgIpc) is 2.72. The molecular formula is C20H30N4O4. The molecule has 2 heterocycles. The minimum atomic E-state index is -0.356. The van der Waals surface area contributed by atoms with Gasteiger partial charge in [-0.2, -0.15) is 0 Å². The van der Waals surface area contributed by atoms with Gasteiger partial charge in [0.2, 0.25) is 17.7 Å². The zero-order chi connectivity index (χ0) is 20.5. The van der Waals surface area contributed by atoms with Crippen LogP contribution in [0.1, 0.15) is 31.2 Å². The topological polar surface area (TPSA) is 91.8 Å². The normalized spacial score (nSPS) is 20.7. The first-order valence-electron chi connectivity index (χ1n) is 9.56. The predicted octanol–water partition coefficient (Wildman–Crippen LogP) is 0.820. The monoisotopic (exact) mass is 390 g/mol. The standard InChI is InChI=1S/C20H30N4O4/c1-23-13-17(22-18(25)14-28-3)8-4-7-16(10-19(23)26)20(27)24(2)12-15-6-5-9-21-11-15/h5-6,9,11,16-17H,4,7-8,10,12-14H2,1-3H3,(H,22,25). The number of rotatable bonds is 6. The summed E-state index contributed by atoms with van der Waals surface area (Å²) in [6, 6.07) is 3.62. The van der Waals surface area contributed by atoms with E-state index in [0.29, 0.717) is 25.9 Å². The van der Waals surface area contributed by atoms with Crippen molar-refractivity contribution in [2.75, 3.05) is 34.4 Å². The highest BCUT2D eigenvalue weighted by Gasteiger charge is 2.29. The van der Waals surface area contributed by atoms with Crippen molar-refractivity contribution in [1.82, 2.24) is 20.1 Å². The van der Waals surface area contributed by atoms with Crippen molar-refractivity contribution in [3.63, 3.8) is 0 Å². The summed E-state index contributed by atoms with van der Waals surface area (Å²) in [5.74, 6) is -0.671. The van der Waals surface area contributed by atoms with Crippen LogP contribution in [0.15, 0.2) is 24.5 Å². The first kappa shape index (κ1) is 21.8. The molecule has 2 rings (SSSR count). The van der Waals surface area contributed by atoms with Gasteiger partial charge in [-0.3, -0.25) is 19.4 Å². The highest BCUT2D eigenvalue weighted by molar-refractivity contribution is 5.85. The SMILES string of the molecule is COCC(=O)NC1CCCC(C(=O)N(C)Cc2cccnc2)CC(=O)N(C)C1. The lowest BCUT2D eigenvalue weighted by atomic mass is 9.95. The Morgan fingerprint density at radius 3 is 2.86 bits per heavy atom. The van der Waals surface area contributed by atoms with Crippen LogP contribution in [-0.4, -0.2) is 72.9 Å². The van der Waals surface area contributed by atoms with E-state index in [1.54, 1.807) is 36.3 Å². The lowest BCUT2D eigenvalue weighted by Gasteiger charge is -2.25. The van der Waals surface area contributed by atoms with Gasteiger partial charge in [0, 0.05) is 65.1 Å². The molecule has 28 heavy (non-hydrogen) atoms. The lowest BCUT2D eigenvalue weighted by molar-refractivity contribution is -0.140. The number of nitrogens with one attached hydrogen (secondary N) is 1. The van der Waals surface area contributed by atoms with Crippen LogP contribution in [0.4, 0.5) is 0 Å². The molecule has 1 N–H and O–H groups in total. The van der Waals surface area contributed by atoms with Gasteiger partial charge in [-0.05, 0) is 24.5 Å². The van der Waals surface area contributed by atoms with E-state index in [-0.39, 0.29) is 42.7 Å². The maximum Gasteiger partial charge on any atom is 0.246 e. The zero-order valence-electron chi connectivity index (χ0n) is 16.9. The predicted molar refractivity (Wildman–Crippen MR) is 104 cm³/mol. The number of hydrogen-bond acceptors (Lipinski definition) is 5. The van der Waals surface area contributed by atoms with Crippen LogP contribution in [0.3, 0.4) is 0 Å². The second-order valence-electron chi connectivity index (χ2n) is 7.36. The molecule has 0 aromatic carbocycles. The van der Waals surface area contributed by atoms with Gasteiger partial charge in [0.15, 0.2) is 0 Å². The van der Waals surface area contributed by atoms with Crippen LogP contribution in [0.25, 0.3) is 0 Å². The first-order chi connectivity index (χ1) is 13.4. The number of methoxy groups -OCH3 is 1. The minimum absolute atomic E-state index is 0.00555. The second kappa shape index (κ2) is 10.8. The Morgan fingerprint density at radius 2 is 2.18 bits per heavy atom. The number of hydrogen-bond donors (Lipinski definition) is 1. The average molecular weight is 390 g/mol. The largest absolute Gasteiger partial charge is 0.375 e. The molecular weight excluding hydrogens is 360 g/mol. The molecule has 1 aliphatic heterocycles. The molecule has 1 aromatic rings. The number of amides is 3. The van der Waals surface area contributed by atoms with Crippen molar-refractivity contribution in [3.8, 4) is 0 Å². The van der Waals surface area contributed by atoms with Crippen molar-refractivity contribution in [1.29, 1.82) is 0 Å². The first-order valence-corrected chi connectivity index (χ1v) is 9.56. The Kier molecular flexibility index (Phi) is 8.38. The molecule has 0 spiro atoms. The number of carbonyl (C=O) groups excluding carboxylic acids is 3. The summed E-state index contributed by atoms with van der Waals surface area (Å²) >= 11 is 0. The van der Waals surface area contributed by atoms with Crippen LogP contribution in [0, 0.1) is 5.92 Å². The summed E-state index contributed by atoms with van der Waals surface area (Å²) in [6.07, 6.45) is 5.70. The van der Waals surface area contributed by atoms with E-state index < -0.39 is 0 Å². The molecule has 0 saturated carbocycles. The lowest BCUT2D eigenvalue weighted by Crippen LogP contribution is -2.45. The van der Waals surface area contributed by atoms with E-state index in [4.69, 9.17) is 4.74 Å². The smallest absolute Gasteiger partial charge is 0.246 e. The Morgan fingerprint density at radius 1 is 1.39 bits per heavy atom. The molecule has 8 nitrogen and oxygen atoms in total. The summed E-state index contributed by atoms with van der Waals surface area (Å²) in [5, 5.41) is 2.91. The Labute approximate surface area is 166 Å². The fraction of sp³-hybridized carbons (Fsp3) is 0.600. The van der Waals surface area contributed by atoms with Crippen molar-refractivity contribution >= 4 is 17.7 Å². The summed E-state index contributed by atoms with van der Waals surface area (Å²) in [4.78, 5) is 44.7. The van der Waals surface area contributed by atoms with Crippen LogP contribution in [-0.2, 0) is 25.7 Å². The number of carbonyl (C=O) groups is 3. The van der Waals surface area contributed by atoms with Crippen molar-refractivity contribution in [2.45, 2.75) is 38.3 Å². The number of nitrogens with zero attached hydrogens (tertiary/aromatic N) is 3. The third-order valence-electron chi connectivity index (χ3n) is 4.95. The van der Waals surface area contributed by atoms with Crippen LogP contribution >= 0.6 is 0 Å². The van der Waals surface area contributed by atoms with E-state index >= 15 is 0 Å². The minimum Gasteiger partial charge on any atom is -0.375 e. The third-order valence-corrected chi connectivity index (χ3v) is 4.95. The summed E-state index contributed by atoms with van der Waals surface area (Å²) in [6.45, 7) is 0.887. The number of pyridine rings is 1. The van der Waals surface area contributed by atoms with E-state index in [9.17, 15) is 14.4 Å². The van der Waals surface area contributed by atoms with Gasteiger partial charge in [-0.25, -0.2) is 0 Å². The molecule has 1 aliphatic rings. The van der Waals surface area contributed by atoms with Crippen molar-refractivity contribution in [2.24, 2.45) is 5.92 Å². The second-order valence-corrected chi connectivity index (χ2v) is 7.36. The Balaban J connectivity index is 1.99. The molecule has 154 valence electrons. The summed E-state index contributed by atoms with van der Waals surface area (Å²) < 4.78 is 4.85. The van der Waals surface area contributed by atoms with Gasteiger partial charge in [-0.1, -0.05) is 12.5 Å². The van der Waals surface area contributed by atoms with Crippen LogP contribution in [0.2, 0.25) is 0 Å². The number of aromatic nitrogens is 1. The third kappa shape index (κ3) is 6.60. The molecule has 2 atom stereocenters. The highest BCUT2D eigenvalue weighted by Crippen LogP contribution is 2.21. The van der Waals surface area contributed by atoms with Gasteiger partial charge < -0.3 is 19.9 Å². The van der Waals surface area contributed by atoms with Crippen molar-refractivity contribution < 1.29 is 19.1 Å². The molecule has 0 radical (unpaired) electrons. The molecule has 8 heteroatoms. The molecule has 2 unspecified atom stereocenters. The van der Waals surface area contributed by atoms with E-state index in [1.807, 2.05) is 12.1 Å². The maximum absolute atomic E-state index is 12.9.